The molecule has 30 heavy (non-hydrogen) atoms. The molecule has 0 fully saturated rings. The first-order chi connectivity index (χ1) is 15.8. The molecule has 0 bridgehead atoms. The Hall–Kier alpha value is -3.39. The lowest BCUT2D eigenvalue weighted by Crippen LogP contribution is -1.95. The van der Waals surface area contributed by atoms with Crippen molar-refractivity contribution in [2.24, 2.45) is 5.92 Å². The van der Waals surface area contributed by atoms with Gasteiger partial charge in [0.25, 0.3) is 0 Å². The highest BCUT2D eigenvalue weighted by Crippen LogP contribution is 2.37. The number of benzene rings is 3. The Kier molecular flexibility index (Phi) is 3.84. The second-order valence-corrected chi connectivity index (χ2v) is 8.22. The van der Waals surface area contributed by atoms with Gasteiger partial charge in [-0.1, -0.05) is 61.9 Å². The second-order valence-electron chi connectivity index (χ2n) is 8.22. The third-order valence-electron chi connectivity index (χ3n) is 5.46. The maximum atomic E-state index is 7.57. The Morgan fingerprint density at radius 3 is 2.53 bits per heavy atom. The van der Waals surface area contributed by atoms with E-state index >= 15 is 0 Å². The summed E-state index contributed by atoms with van der Waals surface area (Å²) in [7, 11) is 0. The highest BCUT2D eigenvalue weighted by atomic mass is 16.3. The number of furan rings is 1. The Labute approximate surface area is 181 Å². The van der Waals surface area contributed by atoms with Gasteiger partial charge in [0.2, 0.25) is 0 Å². The van der Waals surface area contributed by atoms with Crippen LogP contribution in [0.5, 0.6) is 0 Å². The van der Waals surface area contributed by atoms with Crippen LogP contribution in [-0.4, -0.2) is 4.98 Å². The molecule has 0 N–H and O–H groups in total. The number of hydrogen-bond acceptors (Lipinski definition) is 2. The molecule has 0 aliphatic heterocycles. The van der Waals surface area contributed by atoms with Crippen molar-refractivity contribution in [1.29, 1.82) is 0 Å². The second kappa shape index (κ2) is 7.46. The minimum absolute atomic E-state index is 0.341. The lowest BCUT2D eigenvalue weighted by atomic mass is 10.00. The van der Waals surface area contributed by atoms with Crippen LogP contribution in [-0.2, 0) is 6.42 Å². The molecule has 3 aromatic carbocycles. The molecule has 0 amide bonds. The highest BCUT2D eigenvalue weighted by molar-refractivity contribution is 6.10. The van der Waals surface area contributed by atoms with Crippen LogP contribution in [0.15, 0.2) is 83.4 Å². The SMILES string of the molecule is [2H]C([2H])([2H])c1ccc(-c2ccc3c(c2)oc2c(-c4cc(CC(C)C)ccn4)cccc23)cc1. The number of hydrogen-bond donors (Lipinski definition) is 0. The summed E-state index contributed by atoms with van der Waals surface area (Å²) < 4.78 is 29.1. The van der Waals surface area contributed by atoms with Crippen LogP contribution in [0.2, 0.25) is 0 Å². The van der Waals surface area contributed by atoms with E-state index in [2.05, 4.69) is 55.2 Å². The van der Waals surface area contributed by atoms with Gasteiger partial charge in [0.15, 0.2) is 0 Å². The quantitative estimate of drug-likeness (QED) is 0.310. The molecule has 2 heteroatoms. The number of rotatable bonds is 4. The average Bonchev–Trinajstić information content (AvgIpc) is 3.16. The zero-order valence-electron chi connectivity index (χ0n) is 20.1. The van der Waals surface area contributed by atoms with Crippen molar-refractivity contribution in [1.82, 2.24) is 4.98 Å². The molecule has 0 atom stereocenters. The predicted octanol–water partition coefficient (Wildman–Crippen LogP) is 7.82. The van der Waals surface area contributed by atoms with Gasteiger partial charge in [-0.15, -0.1) is 0 Å². The van der Waals surface area contributed by atoms with Crippen LogP contribution in [0.4, 0.5) is 0 Å². The van der Waals surface area contributed by atoms with Crippen LogP contribution >= 0.6 is 0 Å². The van der Waals surface area contributed by atoms with Gasteiger partial charge in [-0.2, -0.15) is 0 Å². The van der Waals surface area contributed by atoms with Gasteiger partial charge in [0, 0.05) is 26.6 Å². The van der Waals surface area contributed by atoms with Crippen molar-refractivity contribution in [2.45, 2.75) is 27.1 Å². The van der Waals surface area contributed by atoms with E-state index in [-0.39, 0.29) is 0 Å². The molecule has 0 radical (unpaired) electrons. The van der Waals surface area contributed by atoms with Gasteiger partial charge in [0.1, 0.15) is 11.2 Å². The van der Waals surface area contributed by atoms with E-state index in [0.717, 1.165) is 50.7 Å². The molecular formula is C28H25NO. The van der Waals surface area contributed by atoms with Crippen molar-refractivity contribution in [3.8, 4) is 22.4 Å². The number of pyridine rings is 1. The molecule has 0 spiro atoms. The molecule has 5 rings (SSSR count). The maximum absolute atomic E-state index is 7.57. The van der Waals surface area contributed by atoms with Crippen molar-refractivity contribution in [3.63, 3.8) is 0 Å². The summed E-state index contributed by atoms with van der Waals surface area (Å²) in [5.41, 5.74) is 7.07. The minimum Gasteiger partial charge on any atom is -0.455 e. The number of nitrogens with zero attached hydrogens (tertiary/aromatic N) is 1. The fourth-order valence-electron chi connectivity index (χ4n) is 4.06. The third-order valence-corrected chi connectivity index (χ3v) is 5.46. The van der Waals surface area contributed by atoms with Gasteiger partial charge in [-0.05, 0) is 66.2 Å². The first kappa shape index (κ1) is 15.4. The molecule has 5 aromatic rings. The largest absolute Gasteiger partial charge is 0.455 e. The maximum Gasteiger partial charge on any atom is 0.144 e. The average molecular weight is 395 g/mol. The summed E-state index contributed by atoms with van der Waals surface area (Å²) in [4.78, 5) is 4.62. The molecule has 0 unspecified atom stereocenters. The van der Waals surface area contributed by atoms with Gasteiger partial charge in [0.05, 0.1) is 5.69 Å². The number of aryl methyl sites for hydroxylation is 1. The molecule has 0 aliphatic rings. The first-order valence-corrected chi connectivity index (χ1v) is 10.3. The van der Waals surface area contributed by atoms with E-state index in [1.165, 1.54) is 5.56 Å². The predicted molar refractivity (Wildman–Crippen MR) is 126 cm³/mol. The molecule has 2 nitrogen and oxygen atoms in total. The monoisotopic (exact) mass is 394 g/mol. The number of fused-ring (bicyclic) bond motifs is 3. The number of para-hydroxylation sites is 1. The van der Waals surface area contributed by atoms with Gasteiger partial charge >= 0.3 is 0 Å². The van der Waals surface area contributed by atoms with Crippen molar-refractivity contribution in [2.75, 3.05) is 0 Å². The summed E-state index contributed by atoms with van der Waals surface area (Å²) in [5, 5.41) is 2.11. The Balaban J connectivity index is 1.58. The van der Waals surface area contributed by atoms with E-state index in [1.54, 1.807) is 12.1 Å². The Morgan fingerprint density at radius 1 is 0.900 bits per heavy atom. The van der Waals surface area contributed by atoms with Crippen LogP contribution < -0.4 is 0 Å². The zero-order valence-corrected chi connectivity index (χ0v) is 17.1. The van der Waals surface area contributed by atoms with Crippen LogP contribution in [0.3, 0.4) is 0 Å². The molecule has 0 saturated heterocycles. The van der Waals surface area contributed by atoms with E-state index in [4.69, 9.17) is 8.53 Å². The first-order valence-electron chi connectivity index (χ1n) is 11.8. The van der Waals surface area contributed by atoms with Crippen molar-refractivity contribution < 1.29 is 8.53 Å². The molecule has 148 valence electrons. The van der Waals surface area contributed by atoms with Crippen molar-refractivity contribution >= 4 is 21.9 Å². The fraction of sp³-hybridized carbons (Fsp3) is 0.179. The summed E-state index contributed by atoms with van der Waals surface area (Å²) in [6.07, 6.45) is 2.88. The van der Waals surface area contributed by atoms with Crippen LogP contribution in [0.25, 0.3) is 44.3 Å². The Bertz CT molecular complexity index is 1450. The topological polar surface area (TPSA) is 26.0 Å². The third kappa shape index (κ3) is 3.39. The normalized spacial score (nSPS) is 13.5. The van der Waals surface area contributed by atoms with Gasteiger partial charge in [-0.25, -0.2) is 0 Å². The van der Waals surface area contributed by atoms with E-state index in [0.29, 0.717) is 11.5 Å². The lowest BCUT2D eigenvalue weighted by molar-refractivity contribution is 0.647. The summed E-state index contributed by atoms with van der Waals surface area (Å²) in [6, 6.07) is 23.6. The molecule has 2 heterocycles. The molecular weight excluding hydrogens is 366 g/mol. The minimum atomic E-state index is -2.10. The zero-order chi connectivity index (χ0) is 23.2. The molecule has 0 saturated carbocycles. The highest BCUT2D eigenvalue weighted by Gasteiger charge is 2.14. The van der Waals surface area contributed by atoms with E-state index in [1.807, 2.05) is 30.5 Å². The van der Waals surface area contributed by atoms with Crippen LogP contribution in [0.1, 0.15) is 29.1 Å². The Morgan fingerprint density at radius 2 is 1.73 bits per heavy atom. The van der Waals surface area contributed by atoms with E-state index in [9.17, 15) is 0 Å². The standard InChI is InChI=1S/C28H25NO/c1-18(2)15-20-13-14-29-26(16-20)25-6-4-5-24-23-12-11-22(17-27(23)30-28(24)25)21-9-7-19(3)8-10-21/h4-14,16-18H,15H2,1-3H3/i3D3. The van der Waals surface area contributed by atoms with Gasteiger partial charge in [-0.3, -0.25) is 4.98 Å². The van der Waals surface area contributed by atoms with E-state index < -0.39 is 6.85 Å². The fourth-order valence-corrected chi connectivity index (χ4v) is 4.06. The van der Waals surface area contributed by atoms with Crippen LogP contribution in [0, 0.1) is 12.8 Å². The summed E-state index contributed by atoms with van der Waals surface area (Å²) >= 11 is 0. The number of aromatic nitrogens is 1. The van der Waals surface area contributed by atoms with Crippen molar-refractivity contribution in [3.05, 3.63) is 90.1 Å². The summed E-state index contributed by atoms with van der Waals surface area (Å²) in [6.45, 7) is 2.33. The smallest absolute Gasteiger partial charge is 0.144 e. The summed E-state index contributed by atoms with van der Waals surface area (Å²) in [5.74, 6) is 0.578. The lowest BCUT2D eigenvalue weighted by Gasteiger charge is -2.07. The molecule has 2 aromatic heterocycles. The van der Waals surface area contributed by atoms with Gasteiger partial charge < -0.3 is 4.42 Å². The molecule has 0 aliphatic carbocycles.